The average molecular weight is 393 g/mol. The number of nitrogen functional groups attached to an aromatic ring is 1. The van der Waals surface area contributed by atoms with Gasteiger partial charge in [-0.05, 0) is 31.2 Å². The minimum Gasteiger partial charge on any atom is -0.494 e. The van der Waals surface area contributed by atoms with E-state index in [1.165, 1.54) is 0 Å². The van der Waals surface area contributed by atoms with Crippen LogP contribution in [0.4, 0.5) is 11.4 Å². The first-order valence-electron chi connectivity index (χ1n) is 8.32. The Morgan fingerprint density at radius 1 is 1.11 bits per heavy atom. The average Bonchev–Trinajstić information content (AvgIpc) is 3.08. The molecule has 144 valence electrons. The van der Waals surface area contributed by atoms with Crippen molar-refractivity contribution in [2.24, 2.45) is 0 Å². The summed E-state index contributed by atoms with van der Waals surface area (Å²) in [6.07, 6.45) is 0.157. The molecule has 0 saturated carbocycles. The third-order valence-corrected chi connectivity index (χ3v) is 3.89. The van der Waals surface area contributed by atoms with Crippen molar-refractivity contribution in [2.45, 2.75) is 19.8 Å². The van der Waals surface area contributed by atoms with E-state index in [2.05, 4.69) is 5.32 Å². The number of rotatable bonds is 7. The van der Waals surface area contributed by atoms with Crippen LogP contribution in [0, 0.1) is 0 Å². The molecule has 7 nitrogen and oxygen atoms in total. The first kappa shape index (κ1) is 20.4. The molecule has 2 aromatic rings. The molecule has 0 spiro atoms. The quantitative estimate of drug-likeness (QED) is 0.553. The molecule has 0 unspecified atom stereocenters. The summed E-state index contributed by atoms with van der Waals surface area (Å²) in [7, 11) is 0. The Morgan fingerprint density at radius 2 is 1.78 bits per heavy atom. The van der Waals surface area contributed by atoms with Crippen LogP contribution in [-0.2, 0) is 4.79 Å². The molecule has 27 heavy (non-hydrogen) atoms. The van der Waals surface area contributed by atoms with Gasteiger partial charge in [0.25, 0.3) is 0 Å². The number of halogens is 1. The lowest BCUT2D eigenvalue weighted by molar-refractivity contribution is -0.116. The van der Waals surface area contributed by atoms with Crippen molar-refractivity contribution in [1.82, 2.24) is 0 Å². The standard InChI is InChI=1S/C19H20N2O5.ClH/c1-2-24-13-5-3-12(4-6-13)16(22)7-8-19(23)21-15-10-18-17(9-14(15)20)25-11-26-18;/h3-6,9-10H,2,7-8,11,20H2,1H3,(H,21,23);1H. The van der Waals surface area contributed by atoms with E-state index in [1.54, 1.807) is 36.4 Å². The summed E-state index contributed by atoms with van der Waals surface area (Å²) in [5.74, 6) is 1.38. The summed E-state index contributed by atoms with van der Waals surface area (Å²) in [5, 5.41) is 2.70. The molecule has 1 aliphatic rings. The number of benzene rings is 2. The Bertz CT molecular complexity index is 824. The molecule has 0 aliphatic carbocycles. The molecular weight excluding hydrogens is 372 g/mol. The molecule has 0 aromatic heterocycles. The maximum absolute atomic E-state index is 12.2. The minimum atomic E-state index is -0.296. The topological polar surface area (TPSA) is 99.9 Å². The van der Waals surface area contributed by atoms with Crippen LogP contribution in [0.1, 0.15) is 30.1 Å². The van der Waals surface area contributed by atoms with Crippen LogP contribution in [0.5, 0.6) is 17.2 Å². The van der Waals surface area contributed by atoms with Gasteiger partial charge in [-0.15, -0.1) is 12.4 Å². The predicted molar refractivity (Wildman–Crippen MR) is 104 cm³/mol. The summed E-state index contributed by atoms with van der Waals surface area (Å²) in [6, 6.07) is 10.1. The molecule has 1 aliphatic heterocycles. The number of anilines is 2. The second kappa shape index (κ2) is 9.14. The molecule has 2 aromatic carbocycles. The van der Waals surface area contributed by atoms with Crippen LogP contribution in [0.25, 0.3) is 0 Å². The molecule has 8 heteroatoms. The summed E-state index contributed by atoms with van der Waals surface area (Å²) < 4.78 is 15.8. The highest BCUT2D eigenvalue weighted by molar-refractivity contribution is 6.01. The van der Waals surface area contributed by atoms with Crippen molar-refractivity contribution < 1.29 is 23.8 Å². The van der Waals surface area contributed by atoms with Gasteiger partial charge in [0.05, 0.1) is 18.0 Å². The van der Waals surface area contributed by atoms with Crippen molar-refractivity contribution in [3.63, 3.8) is 0 Å². The molecule has 0 bridgehead atoms. The SMILES string of the molecule is CCOc1ccc(C(=O)CCC(=O)Nc2cc3c(cc2N)OCO3)cc1.Cl. The lowest BCUT2D eigenvalue weighted by Crippen LogP contribution is -2.14. The van der Waals surface area contributed by atoms with Crippen molar-refractivity contribution >= 4 is 35.5 Å². The maximum Gasteiger partial charge on any atom is 0.231 e. The number of amides is 1. The Morgan fingerprint density at radius 3 is 2.44 bits per heavy atom. The fraction of sp³-hybridized carbons (Fsp3) is 0.263. The highest BCUT2D eigenvalue weighted by Gasteiger charge is 2.17. The summed E-state index contributed by atoms with van der Waals surface area (Å²) >= 11 is 0. The van der Waals surface area contributed by atoms with E-state index in [4.69, 9.17) is 19.9 Å². The third-order valence-electron chi connectivity index (χ3n) is 3.89. The van der Waals surface area contributed by atoms with Gasteiger partial charge < -0.3 is 25.3 Å². The van der Waals surface area contributed by atoms with Crippen LogP contribution in [0.15, 0.2) is 36.4 Å². The zero-order valence-electron chi connectivity index (χ0n) is 14.8. The molecule has 0 radical (unpaired) electrons. The van der Waals surface area contributed by atoms with Crippen LogP contribution < -0.4 is 25.3 Å². The van der Waals surface area contributed by atoms with Gasteiger partial charge in [0, 0.05) is 30.5 Å². The van der Waals surface area contributed by atoms with E-state index in [-0.39, 0.29) is 43.7 Å². The summed E-state index contributed by atoms with van der Waals surface area (Å²) in [4.78, 5) is 24.3. The van der Waals surface area contributed by atoms with Gasteiger partial charge in [0.2, 0.25) is 12.7 Å². The number of nitrogens with two attached hydrogens (primary N) is 1. The zero-order chi connectivity index (χ0) is 18.5. The Kier molecular flexibility index (Phi) is 6.90. The number of hydrogen-bond acceptors (Lipinski definition) is 6. The molecule has 0 saturated heterocycles. The van der Waals surface area contributed by atoms with Crippen molar-refractivity contribution in [3.8, 4) is 17.2 Å². The second-order valence-electron chi connectivity index (χ2n) is 5.72. The summed E-state index contributed by atoms with van der Waals surface area (Å²) in [5.41, 5.74) is 7.26. The fourth-order valence-corrected chi connectivity index (χ4v) is 2.55. The molecule has 1 heterocycles. The van der Waals surface area contributed by atoms with Gasteiger partial charge in [-0.25, -0.2) is 0 Å². The number of ketones is 1. The molecule has 1 amide bonds. The van der Waals surface area contributed by atoms with Gasteiger partial charge in [-0.3, -0.25) is 9.59 Å². The van der Waals surface area contributed by atoms with Crippen LogP contribution >= 0.6 is 12.4 Å². The molecule has 0 atom stereocenters. The van der Waals surface area contributed by atoms with Gasteiger partial charge in [-0.2, -0.15) is 0 Å². The van der Waals surface area contributed by atoms with Gasteiger partial charge in [0.15, 0.2) is 17.3 Å². The highest BCUT2D eigenvalue weighted by atomic mass is 35.5. The largest absolute Gasteiger partial charge is 0.494 e. The number of fused-ring (bicyclic) bond motifs is 1. The number of ether oxygens (including phenoxy) is 3. The van der Waals surface area contributed by atoms with E-state index in [0.717, 1.165) is 0 Å². The highest BCUT2D eigenvalue weighted by Crippen LogP contribution is 2.38. The van der Waals surface area contributed by atoms with Crippen LogP contribution in [-0.4, -0.2) is 25.1 Å². The zero-order valence-corrected chi connectivity index (χ0v) is 15.6. The number of Topliss-reactive ketones (excluding diaryl/α,β-unsaturated/α-hetero) is 1. The van der Waals surface area contributed by atoms with Crippen molar-refractivity contribution in [2.75, 3.05) is 24.5 Å². The van der Waals surface area contributed by atoms with Crippen LogP contribution in [0.3, 0.4) is 0 Å². The Balaban J connectivity index is 0.00000261. The van der Waals surface area contributed by atoms with Gasteiger partial charge in [0.1, 0.15) is 5.75 Å². The Labute approximate surface area is 163 Å². The first-order chi connectivity index (χ1) is 12.6. The second-order valence-corrected chi connectivity index (χ2v) is 5.72. The molecule has 3 N–H and O–H groups in total. The normalized spacial score (nSPS) is 11.4. The summed E-state index contributed by atoms with van der Waals surface area (Å²) in [6.45, 7) is 2.59. The van der Waals surface area contributed by atoms with E-state index in [9.17, 15) is 9.59 Å². The fourth-order valence-electron chi connectivity index (χ4n) is 2.55. The van der Waals surface area contributed by atoms with Gasteiger partial charge >= 0.3 is 0 Å². The van der Waals surface area contributed by atoms with Crippen molar-refractivity contribution in [1.29, 1.82) is 0 Å². The monoisotopic (exact) mass is 392 g/mol. The lowest BCUT2D eigenvalue weighted by atomic mass is 10.1. The lowest BCUT2D eigenvalue weighted by Gasteiger charge is -2.09. The van der Waals surface area contributed by atoms with E-state index < -0.39 is 0 Å². The van der Waals surface area contributed by atoms with Crippen molar-refractivity contribution in [3.05, 3.63) is 42.0 Å². The third kappa shape index (κ3) is 5.04. The van der Waals surface area contributed by atoms with E-state index in [1.807, 2.05) is 6.92 Å². The predicted octanol–water partition coefficient (Wildman–Crippen LogP) is 3.42. The first-order valence-corrected chi connectivity index (χ1v) is 8.32. The molecule has 0 fully saturated rings. The maximum atomic E-state index is 12.2. The molecule has 3 rings (SSSR count). The van der Waals surface area contributed by atoms with E-state index in [0.29, 0.717) is 40.8 Å². The van der Waals surface area contributed by atoms with E-state index >= 15 is 0 Å². The number of carbonyl (C=O) groups is 2. The number of hydrogen-bond donors (Lipinski definition) is 2. The minimum absolute atomic E-state index is 0. The Hall–Kier alpha value is -2.93. The van der Waals surface area contributed by atoms with Crippen LogP contribution in [0.2, 0.25) is 0 Å². The number of carbonyl (C=O) groups excluding carboxylic acids is 2. The van der Waals surface area contributed by atoms with Gasteiger partial charge in [-0.1, -0.05) is 0 Å². The number of nitrogens with one attached hydrogen (secondary N) is 1. The molecular formula is C19H21ClN2O5. The smallest absolute Gasteiger partial charge is 0.231 e.